The van der Waals surface area contributed by atoms with Crippen LogP contribution in [0.1, 0.15) is 5.56 Å². The van der Waals surface area contributed by atoms with Crippen LogP contribution in [0, 0.1) is 0 Å². The second kappa shape index (κ2) is 9.80. The van der Waals surface area contributed by atoms with Gasteiger partial charge < -0.3 is 16.0 Å². The number of nitrogens with zero attached hydrogens (tertiary/aromatic N) is 2. The number of nitrogens with one attached hydrogen (secondary N) is 3. The minimum absolute atomic E-state index is 0.0436. The van der Waals surface area contributed by atoms with Crippen LogP contribution in [-0.2, 0) is 6.18 Å². The minimum Gasteiger partial charge on any atom is -0.340 e. The molecule has 0 radical (unpaired) electrons. The van der Waals surface area contributed by atoms with Gasteiger partial charge in [-0.15, -0.1) is 0 Å². The van der Waals surface area contributed by atoms with E-state index in [2.05, 4.69) is 25.9 Å². The van der Waals surface area contributed by atoms with Gasteiger partial charge in [0.25, 0.3) is 0 Å². The van der Waals surface area contributed by atoms with Gasteiger partial charge in [0.15, 0.2) is 0 Å². The van der Waals surface area contributed by atoms with Crippen LogP contribution in [0.5, 0.6) is 0 Å². The number of amides is 2. The molecule has 172 valence electrons. The third kappa shape index (κ3) is 5.81. The standard InChI is InChI=1S/C24H17ClF3N5O/c25-20-10-9-18(12-19(20)24(26,27)28)33-23(34)32-17-8-4-7-16(11-17)31-22-13-21(29-14-30-22)15-5-2-1-3-6-15/h1-14H,(H,29,30,31)(H2,32,33,34). The Kier molecular flexibility index (Phi) is 6.65. The van der Waals surface area contributed by atoms with Crippen LogP contribution in [0.15, 0.2) is 85.2 Å². The lowest BCUT2D eigenvalue weighted by atomic mass is 10.1. The summed E-state index contributed by atoms with van der Waals surface area (Å²) in [5, 5.41) is 7.66. The fourth-order valence-electron chi connectivity index (χ4n) is 3.13. The summed E-state index contributed by atoms with van der Waals surface area (Å²) < 4.78 is 39.1. The van der Waals surface area contributed by atoms with E-state index in [1.165, 1.54) is 12.4 Å². The summed E-state index contributed by atoms with van der Waals surface area (Å²) in [6.07, 6.45) is -3.19. The molecule has 0 spiro atoms. The highest BCUT2D eigenvalue weighted by Crippen LogP contribution is 2.36. The number of hydrogen-bond acceptors (Lipinski definition) is 4. The second-order valence-corrected chi connectivity index (χ2v) is 7.54. The van der Waals surface area contributed by atoms with Gasteiger partial charge in [-0.2, -0.15) is 13.2 Å². The van der Waals surface area contributed by atoms with Crippen LogP contribution < -0.4 is 16.0 Å². The molecule has 4 rings (SSSR count). The first-order chi connectivity index (χ1) is 16.3. The number of anilines is 4. The van der Waals surface area contributed by atoms with E-state index in [4.69, 9.17) is 11.6 Å². The number of urea groups is 1. The maximum Gasteiger partial charge on any atom is 0.417 e. The summed E-state index contributed by atoms with van der Waals surface area (Å²) in [4.78, 5) is 20.8. The normalized spacial score (nSPS) is 11.1. The van der Waals surface area contributed by atoms with Crippen molar-refractivity contribution in [3.05, 3.63) is 95.8 Å². The fraction of sp³-hybridized carbons (Fsp3) is 0.0417. The number of carbonyl (C=O) groups is 1. The molecule has 0 aliphatic carbocycles. The lowest BCUT2D eigenvalue weighted by Crippen LogP contribution is -2.20. The zero-order valence-electron chi connectivity index (χ0n) is 17.4. The second-order valence-electron chi connectivity index (χ2n) is 7.13. The Morgan fingerprint density at radius 2 is 1.50 bits per heavy atom. The number of carbonyl (C=O) groups excluding carboxylic acids is 1. The van der Waals surface area contributed by atoms with E-state index >= 15 is 0 Å². The summed E-state index contributed by atoms with van der Waals surface area (Å²) >= 11 is 5.61. The highest BCUT2D eigenvalue weighted by atomic mass is 35.5. The quantitative estimate of drug-likeness (QED) is 0.280. The summed E-state index contributed by atoms with van der Waals surface area (Å²) in [6.45, 7) is 0. The average molecular weight is 484 g/mol. The van der Waals surface area contributed by atoms with Crippen LogP contribution in [0.3, 0.4) is 0 Å². The molecule has 6 nitrogen and oxygen atoms in total. The zero-order chi connectivity index (χ0) is 24.1. The molecular weight excluding hydrogens is 467 g/mol. The van der Waals surface area contributed by atoms with Crippen molar-refractivity contribution in [2.45, 2.75) is 6.18 Å². The molecule has 1 aromatic heterocycles. The van der Waals surface area contributed by atoms with Gasteiger partial charge in [-0.3, -0.25) is 0 Å². The molecule has 3 N–H and O–H groups in total. The molecular formula is C24H17ClF3N5O. The molecule has 0 unspecified atom stereocenters. The van der Waals surface area contributed by atoms with Crippen LogP contribution in [0.4, 0.5) is 40.8 Å². The van der Waals surface area contributed by atoms with Gasteiger partial charge in [-0.05, 0) is 36.4 Å². The Labute approximate surface area is 197 Å². The lowest BCUT2D eigenvalue weighted by molar-refractivity contribution is -0.137. The van der Waals surface area contributed by atoms with Crippen molar-refractivity contribution >= 4 is 40.5 Å². The Hall–Kier alpha value is -4.11. The molecule has 1 heterocycles. The monoisotopic (exact) mass is 483 g/mol. The zero-order valence-corrected chi connectivity index (χ0v) is 18.2. The predicted octanol–water partition coefficient (Wildman–Crippen LogP) is 7.20. The van der Waals surface area contributed by atoms with E-state index in [9.17, 15) is 18.0 Å². The number of hydrogen-bond donors (Lipinski definition) is 3. The molecule has 2 amide bonds. The Bertz CT molecular complexity index is 1320. The van der Waals surface area contributed by atoms with Gasteiger partial charge >= 0.3 is 12.2 Å². The molecule has 34 heavy (non-hydrogen) atoms. The third-order valence-electron chi connectivity index (χ3n) is 4.66. The molecule has 0 aliphatic heterocycles. The van der Waals surface area contributed by atoms with Crippen LogP contribution in [0.25, 0.3) is 11.3 Å². The van der Waals surface area contributed by atoms with Gasteiger partial charge in [-0.1, -0.05) is 48.0 Å². The fourth-order valence-corrected chi connectivity index (χ4v) is 3.35. The minimum atomic E-state index is -4.63. The smallest absolute Gasteiger partial charge is 0.340 e. The van der Waals surface area contributed by atoms with Crippen molar-refractivity contribution in [1.82, 2.24) is 9.97 Å². The number of aromatic nitrogens is 2. The van der Waals surface area contributed by atoms with E-state index < -0.39 is 22.8 Å². The number of rotatable bonds is 5. The number of halogens is 4. The lowest BCUT2D eigenvalue weighted by Gasteiger charge is -2.13. The SMILES string of the molecule is O=C(Nc1cccc(Nc2cc(-c3ccccc3)ncn2)c1)Nc1ccc(Cl)c(C(F)(F)F)c1. The molecule has 0 fully saturated rings. The molecule has 4 aromatic rings. The van der Waals surface area contributed by atoms with Crippen molar-refractivity contribution in [3.63, 3.8) is 0 Å². The van der Waals surface area contributed by atoms with Crippen molar-refractivity contribution < 1.29 is 18.0 Å². The number of alkyl halides is 3. The first-order valence-corrected chi connectivity index (χ1v) is 10.3. The maximum absolute atomic E-state index is 13.0. The van der Waals surface area contributed by atoms with E-state index in [0.29, 0.717) is 17.2 Å². The third-order valence-corrected chi connectivity index (χ3v) is 4.99. The summed E-state index contributed by atoms with van der Waals surface area (Å²) in [7, 11) is 0. The largest absolute Gasteiger partial charge is 0.417 e. The van der Waals surface area contributed by atoms with Crippen LogP contribution in [0.2, 0.25) is 5.02 Å². The Balaban J connectivity index is 1.44. The molecule has 3 aromatic carbocycles. The van der Waals surface area contributed by atoms with Gasteiger partial charge in [0.1, 0.15) is 12.1 Å². The van der Waals surface area contributed by atoms with Gasteiger partial charge in [0.2, 0.25) is 0 Å². The van der Waals surface area contributed by atoms with Crippen LogP contribution in [-0.4, -0.2) is 16.0 Å². The first-order valence-electron chi connectivity index (χ1n) is 9.97. The molecule has 0 saturated heterocycles. The first kappa shape index (κ1) is 23.1. The van der Waals surface area contributed by atoms with Crippen molar-refractivity contribution in [2.75, 3.05) is 16.0 Å². The van der Waals surface area contributed by atoms with Gasteiger partial charge in [0, 0.05) is 28.7 Å². The van der Waals surface area contributed by atoms with Gasteiger partial charge in [-0.25, -0.2) is 14.8 Å². The Morgan fingerprint density at radius 1 is 0.794 bits per heavy atom. The highest BCUT2D eigenvalue weighted by Gasteiger charge is 2.33. The Morgan fingerprint density at radius 3 is 2.24 bits per heavy atom. The molecule has 0 atom stereocenters. The summed E-state index contributed by atoms with van der Waals surface area (Å²) in [5.41, 5.74) is 1.67. The average Bonchev–Trinajstić information content (AvgIpc) is 2.80. The van der Waals surface area contributed by atoms with Crippen molar-refractivity contribution in [3.8, 4) is 11.3 Å². The molecule has 0 saturated carbocycles. The van der Waals surface area contributed by atoms with E-state index in [1.54, 1.807) is 30.3 Å². The van der Waals surface area contributed by atoms with Gasteiger partial charge in [0.05, 0.1) is 16.3 Å². The summed E-state index contributed by atoms with van der Waals surface area (Å²) in [6, 6.07) is 20.6. The van der Waals surface area contributed by atoms with Crippen LogP contribution >= 0.6 is 11.6 Å². The van der Waals surface area contributed by atoms with Crippen molar-refractivity contribution in [1.29, 1.82) is 0 Å². The molecule has 0 aliphatic rings. The van der Waals surface area contributed by atoms with E-state index in [-0.39, 0.29) is 5.69 Å². The topological polar surface area (TPSA) is 78.9 Å². The summed E-state index contributed by atoms with van der Waals surface area (Å²) in [5.74, 6) is 0.552. The molecule has 10 heteroatoms. The molecule has 0 bridgehead atoms. The maximum atomic E-state index is 13.0. The predicted molar refractivity (Wildman–Crippen MR) is 126 cm³/mol. The highest BCUT2D eigenvalue weighted by molar-refractivity contribution is 6.31. The van der Waals surface area contributed by atoms with Crippen molar-refractivity contribution in [2.24, 2.45) is 0 Å². The number of benzene rings is 3. The van der Waals surface area contributed by atoms with E-state index in [1.807, 2.05) is 30.3 Å². The van der Waals surface area contributed by atoms with E-state index in [0.717, 1.165) is 23.4 Å².